The molecule has 1 aliphatic heterocycles. The topological polar surface area (TPSA) is 44.3 Å². The number of hydrogen-bond donors (Lipinski definition) is 1. The van der Waals surface area contributed by atoms with Gasteiger partial charge in [-0.25, -0.2) is 4.98 Å². The van der Waals surface area contributed by atoms with Crippen molar-refractivity contribution in [3.63, 3.8) is 0 Å². The van der Waals surface area contributed by atoms with E-state index in [0.29, 0.717) is 0 Å². The molecule has 1 N–H and O–H groups in total. The van der Waals surface area contributed by atoms with Gasteiger partial charge in [0.25, 0.3) is 0 Å². The van der Waals surface area contributed by atoms with E-state index < -0.39 is 0 Å². The lowest BCUT2D eigenvalue weighted by Crippen LogP contribution is -2.46. The second-order valence-corrected chi connectivity index (χ2v) is 4.65. The first-order chi connectivity index (χ1) is 8.74. The van der Waals surface area contributed by atoms with Crippen LogP contribution in [0.25, 0.3) is 0 Å². The largest absolute Gasteiger partial charge is 0.354 e. The smallest absolute Gasteiger partial charge is 0.224 e. The molecule has 5 nitrogen and oxygen atoms in total. The van der Waals surface area contributed by atoms with Crippen LogP contribution in [0, 0.1) is 6.92 Å². The third-order valence-corrected chi connectivity index (χ3v) is 3.40. The Morgan fingerprint density at radius 3 is 2.56 bits per heavy atom. The molecule has 0 spiro atoms. The summed E-state index contributed by atoms with van der Waals surface area (Å²) in [6.45, 7) is 12.7. The Labute approximate surface area is 109 Å². The van der Waals surface area contributed by atoms with Gasteiger partial charge in [-0.1, -0.05) is 6.92 Å². The SMILES string of the molecule is CCNc1ncc(C)c(N2CCN(CC)CC2)n1. The molecule has 1 saturated heterocycles. The summed E-state index contributed by atoms with van der Waals surface area (Å²) in [5.41, 5.74) is 1.15. The van der Waals surface area contributed by atoms with Crippen molar-refractivity contribution in [1.82, 2.24) is 14.9 Å². The minimum Gasteiger partial charge on any atom is -0.354 e. The molecule has 1 aromatic rings. The third-order valence-electron chi connectivity index (χ3n) is 3.40. The molecule has 0 radical (unpaired) electrons. The Hall–Kier alpha value is -1.36. The number of aryl methyl sites for hydroxylation is 1. The molecular weight excluding hydrogens is 226 g/mol. The van der Waals surface area contributed by atoms with Crippen LogP contribution < -0.4 is 10.2 Å². The van der Waals surface area contributed by atoms with E-state index in [2.05, 4.69) is 45.9 Å². The Morgan fingerprint density at radius 2 is 1.94 bits per heavy atom. The zero-order chi connectivity index (χ0) is 13.0. The van der Waals surface area contributed by atoms with Crippen molar-refractivity contribution in [1.29, 1.82) is 0 Å². The Kier molecular flexibility index (Phi) is 4.36. The lowest BCUT2D eigenvalue weighted by atomic mass is 10.2. The van der Waals surface area contributed by atoms with Crippen molar-refractivity contribution in [3.8, 4) is 0 Å². The molecule has 0 bridgehead atoms. The van der Waals surface area contributed by atoms with Crippen LogP contribution in [0.3, 0.4) is 0 Å². The van der Waals surface area contributed by atoms with E-state index in [0.717, 1.165) is 56.6 Å². The molecule has 100 valence electrons. The van der Waals surface area contributed by atoms with Crippen molar-refractivity contribution in [2.24, 2.45) is 0 Å². The van der Waals surface area contributed by atoms with Gasteiger partial charge in [-0.15, -0.1) is 0 Å². The molecule has 0 unspecified atom stereocenters. The first-order valence-corrected chi connectivity index (χ1v) is 6.79. The summed E-state index contributed by atoms with van der Waals surface area (Å²) >= 11 is 0. The molecule has 1 aromatic heterocycles. The minimum atomic E-state index is 0.732. The maximum atomic E-state index is 4.62. The molecule has 1 fully saturated rings. The molecular formula is C13H23N5. The van der Waals surface area contributed by atoms with Crippen molar-refractivity contribution in [3.05, 3.63) is 11.8 Å². The van der Waals surface area contributed by atoms with Gasteiger partial charge in [-0.05, 0) is 20.4 Å². The summed E-state index contributed by atoms with van der Waals surface area (Å²) in [4.78, 5) is 13.8. The molecule has 0 amide bonds. The molecule has 2 heterocycles. The second kappa shape index (κ2) is 6.00. The molecule has 2 rings (SSSR count). The van der Waals surface area contributed by atoms with Crippen LogP contribution in [0.4, 0.5) is 11.8 Å². The predicted octanol–water partition coefficient (Wildman–Crippen LogP) is 1.36. The number of anilines is 2. The van der Waals surface area contributed by atoms with Crippen LogP contribution in [-0.2, 0) is 0 Å². The zero-order valence-electron chi connectivity index (χ0n) is 11.6. The summed E-state index contributed by atoms with van der Waals surface area (Å²) in [7, 11) is 0. The van der Waals surface area contributed by atoms with Gasteiger partial charge in [-0.3, -0.25) is 0 Å². The lowest BCUT2D eigenvalue weighted by molar-refractivity contribution is 0.270. The zero-order valence-corrected chi connectivity index (χ0v) is 11.6. The summed E-state index contributed by atoms with van der Waals surface area (Å²) in [5.74, 6) is 1.81. The van der Waals surface area contributed by atoms with Crippen LogP contribution in [0.1, 0.15) is 19.4 Å². The van der Waals surface area contributed by atoms with Gasteiger partial charge in [0.05, 0.1) is 0 Å². The number of nitrogens with zero attached hydrogens (tertiary/aromatic N) is 4. The van der Waals surface area contributed by atoms with Crippen LogP contribution in [0.2, 0.25) is 0 Å². The first-order valence-electron chi connectivity index (χ1n) is 6.79. The fourth-order valence-electron chi connectivity index (χ4n) is 2.27. The fourth-order valence-corrected chi connectivity index (χ4v) is 2.27. The first kappa shape index (κ1) is 13.1. The van der Waals surface area contributed by atoms with Crippen molar-refractivity contribution >= 4 is 11.8 Å². The fraction of sp³-hybridized carbons (Fsp3) is 0.692. The quantitative estimate of drug-likeness (QED) is 0.873. The number of likely N-dealkylation sites (N-methyl/N-ethyl adjacent to an activating group) is 1. The van der Waals surface area contributed by atoms with Crippen molar-refractivity contribution in [2.75, 3.05) is 49.5 Å². The Bertz CT molecular complexity index is 385. The highest BCUT2D eigenvalue weighted by atomic mass is 15.3. The molecule has 0 aliphatic carbocycles. The summed E-state index contributed by atoms with van der Waals surface area (Å²) in [5, 5.41) is 3.17. The maximum absolute atomic E-state index is 4.62. The lowest BCUT2D eigenvalue weighted by Gasteiger charge is -2.35. The van der Waals surface area contributed by atoms with Gasteiger partial charge in [0.2, 0.25) is 5.95 Å². The van der Waals surface area contributed by atoms with Gasteiger partial charge in [-0.2, -0.15) is 4.98 Å². The van der Waals surface area contributed by atoms with Gasteiger partial charge >= 0.3 is 0 Å². The number of rotatable bonds is 4. The summed E-state index contributed by atoms with van der Waals surface area (Å²) in [6, 6.07) is 0. The highest BCUT2D eigenvalue weighted by Crippen LogP contribution is 2.19. The van der Waals surface area contributed by atoms with Crippen LogP contribution in [-0.4, -0.2) is 54.1 Å². The van der Waals surface area contributed by atoms with Crippen molar-refractivity contribution in [2.45, 2.75) is 20.8 Å². The number of nitrogens with one attached hydrogen (secondary N) is 1. The predicted molar refractivity (Wildman–Crippen MR) is 75.3 cm³/mol. The van der Waals surface area contributed by atoms with E-state index in [1.807, 2.05) is 6.20 Å². The van der Waals surface area contributed by atoms with Gasteiger partial charge in [0.15, 0.2) is 0 Å². The molecule has 18 heavy (non-hydrogen) atoms. The molecule has 1 aliphatic rings. The van der Waals surface area contributed by atoms with E-state index in [1.54, 1.807) is 0 Å². The van der Waals surface area contributed by atoms with Crippen LogP contribution >= 0.6 is 0 Å². The number of piperazine rings is 1. The normalized spacial score (nSPS) is 16.9. The van der Waals surface area contributed by atoms with Gasteiger partial charge in [0, 0.05) is 44.5 Å². The van der Waals surface area contributed by atoms with E-state index >= 15 is 0 Å². The Morgan fingerprint density at radius 1 is 1.22 bits per heavy atom. The van der Waals surface area contributed by atoms with Crippen molar-refractivity contribution < 1.29 is 0 Å². The molecule has 5 heteroatoms. The third kappa shape index (κ3) is 2.90. The number of hydrogen-bond acceptors (Lipinski definition) is 5. The van der Waals surface area contributed by atoms with E-state index in [1.165, 1.54) is 0 Å². The van der Waals surface area contributed by atoms with Crippen LogP contribution in [0.5, 0.6) is 0 Å². The summed E-state index contributed by atoms with van der Waals surface area (Å²) in [6.07, 6.45) is 1.91. The van der Waals surface area contributed by atoms with E-state index in [9.17, 15) is 0 Å². The molecule has 0 aromatic carbocycles. The van der Waals surface area contributed by atoms with Gasteiger partial charge < -0.3 is 15.1 Å². The average Bonchev–Trinajstić information content (AvgIpc) is 2.41. The standard InChI is InChI=1S/C13H23N5/c1-4-14-13-15-10-11(3)12(16-13)18-8-6-17(5-2)7-9-18/h10H,4-9H2,1-3H3,(H,14,15,16). The van der Waals surface area contributed by atoms with Gasteiger partial charge in [0.1, 0.15) is 5.82 Å². The van der Waals surface area contributed by atoms with E-state index in [-0.39, 0.29) is 0 Å². The number of aromatic nitrogens is 2. The second-order valence-electron chi connectivity index (χ2n) is 4.65. The van der Waals surface area contributed by atoms with Crippen LogP contribution in [0.15, 0.2) is 6.20 Å². The Balaban J connectivity index is 2.10. The van der Waals surface area contributed by atoms with E-state index in [4.69, 9.17) is 0 Å². The highest BCUT2D eigenvalue weighted by Gasteiger charge is 2.18. The minimum absolute atomic E-state index is 0.732. The monoisotopic (exact) mass is 249 g/mol. The molecule has 0 atom stereocenters. The molecule has 0 saturated carbocycles. The average molecular weight is 249 g/mol. The summed E-state index contributed by atoms with van der Waals surface area (Å²) < 4.78 is 0. The highest BCUT2D eigenvalue weighted by molar-refractivity contribution is 5.49. The maximum Gasteiger partial charge on any atom is 0.224 e.